The summed E-state index contributed by atoms with van der Waals surface area (Å²) in [6.07, 6.45) is 2.02. The quantitative estimate of drug-likeness (QED) is 0.917. The van der Waals surface area contributed by atoms with E-state index in [1.54, 1.807) is 4.68 Å². The molecule has 0 aliphatic heterocycles. The third kappa shape index (κ3) is 3.02. The van der Waals surface area contributed by atoms with Gasteiger partial charge in [0.25, 0.3) is 0 Å². The normalized spacial score (nSPS) is 10.7. The molecule has 0 saturated heterocycles. The smallest absolute Gasteiger partial charge is 0.305 e. The Balaban J connectivity index is 2.34. The third-order valence-electron chi connectivity index (χ3n) is 3.18. The van der Waals surface area contributed by atoms with Gasteiger partial charge >= 0.3 is 5.97 Å². The number of aryl methyl sites for hydroxylation is 4. The number of aromatic nitrogens is 2. The summed E-state index contributed by atoms with van der Waals surface area (Å²) in [5.74, 6) is -0.804. The molecule has 0 spiro atoms. The Labute approximate surface area is 112 Å². The van der Waals surface area contributed by atoms with E-state index in [4.69, 9.17) is 5.11 Å². The molecule has 2 rings (SSSR count). The van der Waals surface area contributed by atoms with E-state index in [9.17, 15) is 4.79 Å². The highest BCUT2D eigenvalue weighted by Gasteiger charge is 2.10. The molecule has 0 aliphatic rings. The molecule has 1 N–H and O–H groups in total. The van der Waals surface area contributed by atoms with Gasteiger partial charge in [-0.1, -0.05) is 23.8 Å². The second kappa shape index (κ2) is 5.26. The molecule has 0 fully saturated rings. The van der Waals surface area contributed by atoms with Crippen LogP contribution >= 0.6 is 0 Å². The van der Waals surface area contributed by atoms with Crippen LogP contribution in [0.1, 0.15) is 23.2 Å². The average molecular weight is 258 g/mol. The van der Waals surface area contributed by atoms with E-state index in [0.717, 1.165) is 11.3 Å². The molecule has 4 heteroatoms. The Morgan fingerprint density at radius 3 is 2.68 bits per heavy atom. The summed E-state index contributed by atoms with van der Waals surface area (Å²) >= 11 is 0. The number of carboxylic acids is 1. The molecule has 0 saturated carbocycles. The van der Waals surface area contributed by atoms with Gasteiger partial charge in [-0.2, -0.15) is 5.10 Å². The van der Waals surface area contributed by atoms with Crippen molar-refractivity contribution >= 4 is 5.97 Å². The van der Waals surface area contributed by atoms with Crippen molar-refractivity contribution in [2.45, 2.75) is 33.7 Å². The molecule has 0 aliphatic carbocycles. The zero-order chi connectivity index (χ0) is 14.0. The van der Waals surface area contributed by atoms with Crippen LogP contribution in [0.5, 0.6) is 0 Å². The predicted molar refractivity (Wildman–Crippen MR) is 74.1 cm³/mol. The van der Waals surface area contributed by atoms with Crippen LogP contribution in [0, 0.1) is 20.8 Å². The van der Waals surface area contributed by atoms with Gasteiger partial charge in [0.2, 0.25) is 0 Å². The van der Waals surface area contributed by atoms with Gasteiger partial charge in [-0.15, -0.1) is 0 Å². The number of hydrogen-bond donors (Lipinski definition) is 1. The minimum atomic E-state index is -0.804. The lowest BCUT2D eigenvalue weighted by molar-refractivity contribution is -0.137. The van der Waals surface area contributed by atoms with E-state index in [-0.39, 0.29) is 6.42 Å². The van der Waals surface area contributed by atoms with Crippen molar-refractivity contribution in [2.24, 2.45) is 0 Å². The van der Waals surface area contributed by atoms with Gasteiger partial charge in [0, 0.05) is 11.8 Å². The van der Waals surface area contributed by atoms with Crippen LogP contribution in [0.4, 0.5) is 0 Å². The van der Waals surface area contributed by atoms with Crippen molar-refractivity contribution in [3.63, 3.8) is 0 Å². The molecular formula is C15H18N2O2. The lowest BCUT2D eigenvalue weighted by atomic mass is 9.99. The van der Waals surface area contributed by atoms with Crippen molar-refractivity contribution in [1.82, 2.24) is 9.78 Å². The summed E-state index contributed by atoms with van der Waals surface area (Å²) in [5.41, 5.74) is 5.58. The van der Waals surface area contributed by atoms with Crippen LogP contribution in [-0.4, -0.2) is 20.9 Å². The maximum Gasteiger partial charge on any atom is 0.305 e. The summed E-state index contributed by atoms with van der Waals surface area (Å²) in [6.45, 7) is 6.49. The zero-order valence-corrected chi connectivity index (χ0v) is 11.5. The number of rotatable bonds is 4. The highest BCUT2D eigenvalue weighted by molar-refractivity contribution is 5.69. The van der Waals surface area contributed by atoms with Crippen molar-refractivity contribution in [2.75, 3.05) is 0 Å². The molecule has 1 heterocycles. The van der Waals surface area contributed by atoms with Crippen molar-refractivity contribution in [1.29, 1.82) is 0 Å². The molecule has 1 aromatic heterocycles. The Kier molecular flexibility index (Phi) is 3.69. The largest absolute Gasteiger partial charge is 0.481 e. The van der Waals surface area contributed by atoms with E-state index in [0.29, 0.717) is 6.54 Å². The van der Waals surface area contributed by atoms with E-state index < -0.39 is 5.97 Å². The highest BCUT2D eigenvalue weighted by Crippen LogP contribution is 2.27. The lowest BCUT2D eigenvalue weighted by Crippen LogP contribution is -2.04. The average Bonchev–Trinajstić information content (AvgIpc) is 2.71. The minimum absolute atomic E-state index is 0.0906. The zero-order valence-electron chi connectivity index (χ0n) is 11.5. The molecule has 0 bridgehead atoms. The summed E-state index contributed by atoms with van der Waals surface area (Å²) in [6, 6.07) is 6.32. The van der Waals surface area contributed by atoms with E-state index >= 15 is 0 Å². The summed E-state index contributed by atoms with van der Waals surface area (Å²) in [5, 5.41) is 13.1. The van der Waals surface area contributed by atoms with Gasteiger partial charge in [-0.25, -0.2) is 0 Å². The van der Waals surface area contributed by atoms with E-state index in [1.165, 1.54) is 16.7 Å². The van der Waals surface area contributed by atoms with Gasteiger partial charge < -0.3 is 5.11 Å². The summed E-state index contributed by atoms with van der Waals surface area (Å²) in [4.78, 5) is 10.6. The lowest BCUT2D eigenvalue weighted by Gasteiger charge is -2.05. The van der Waals surface area contributed by atoms with Crippen LogP contribution in [0.25, 0.3) is 11.1 Å². The first kappa shape index (κ1) is 13.3. The van der Waals surface area contributed by atoms with Crippen molar-refractivity contribution in [3.05, 3.63) is 41.2 Å². The van der Waals surface area contributed by atoms with Gasteiger partial charge in [-0.05, 0) is 31.9 Å². The second-order valence-corrected chi connectivity index (χ2v) is 4.85. The molecule has 2 aromatic rings. The maximum atomic E-state index is 10.6. The number of nitrogens with zero attached hydrogens (tertiary/aromatic N) is 2. The molecule has 0 unspecified atom stereocenters. The molecule has 100 valence electrons. The molecule has 1 aromatic carbocycles. The van der Waals surface area contributed by atoms with Gasteiger partial charge in [0.1, 0.15) is 0 Å². The minimum Gasteiger partial charge on any atom is -0.481 e. The van der Waals surface area contributed by atoms with Gasteiger partial charge in [0.05, 0.1) is 18.7 Å². The molecule has 4 nitrogen and oxygen atoms in total. The fourth-order valence-electron chi connectivity index (χ4n) is 2.13. The highest BCUT2D eigenvalue weighted by atomic mass is 16.4. The molecule has 0 amide bonds. The van der Waals surface area contributed by atoms with Crippen LogP contribution in [0.3, 0.4) is 0 Å². The molecule has 0 radical (unpaired) electrons. The van der Waals surface area contributed by atoms with Crippen molar-refractivity contribution < 1.29 is 9.90 Å². The number of carbonyl (C=O) groups is 1. The first-order valence-corrected chi connectivity index (χ1v) is 6.31. The fraction of sp³-hybridized carbons (Fsp3) is 0.333. The van der Waals surface area contributed by atoms with Gasteiger partial charge in [-0.3, -0.25) is 9.48 Å². The fourth-order valence-corrected chi connectivity index (χ4v) is 2.13. The molecule has 0 atom stereocenters. The van der Waals surface area contributed by atoms with Crippen molar-refractivity contribution in [3.8, 4) is 11.1 Å². The SMILES string of the molecule is Cc1ccc(C)c(-c2cn(CCC(=O)O)nc2C)c1. The Morgan fingerprint density at radius 1 is 1.26 bits per heavy atom. The van der Waals surface area contributed by atoms with E-state index in [2.05, 4.69) is 37.1 Å². The van der Waals surface area contributed by atoms with Crippen LogP contribution in [-0.2, 0) is 11.3 Å². The number of hydrogen-bond acceptors (Lipinski definition) is 2. The predicted octanol–water partition coefficient (Wildman–Crippen LogP) is 2.95. The number of benzene rings is 1. The number of aliphatic carboxylic acids is 1. The Morgan fingerprint density at radius 2 is 2.00 bits per heavy atom. The van der Waals surface area contributed by atoms with Crippen LogP contribution in [0.2, 0.25) is 0 Å². The van der Waals surface area contributed by atoms with Crippen LogP contribution in [0.15, 0.2) is 24.4 Å². The molecular weight excluding hydrogens is 240 g/mol. The number of carboxylic acid groups (broad SMARTS) is 1. The first-order valence-electron chi connectivity index (χ1n) is 6.31. The topological polar surface area (TPSA) is 55.1 Å². The first-order chi connectivity index (χ1) is 8.97. The summed E-state index contributed by atoms with van der Waals surface area (Å²) < 4.78 is 1.71. The third-order valence-corrected chi connectivity index (χ3v) is 3.18. The maximum absolute atomic E-state index is 10.6. The second-order valence-electron chi connectivity index (χ2n) is 4.85. The molecule has 19 heavy (non-hydrogen) atoms. The Bertz CT molecular complexity index is 615. The standard InChI is InChI=1S/C15H18N2O2/c1-10-4-5-11(2)13(8-10)14-9-17(16-12(14)3)7-6-15(18)19/h4-5,8-9H,6-7H2,1-3H3,(H,18,19). The summed E-state index contributed by atoms with van der Waals surface area (Å²) in [7, 11) is 0. The Hall–Kier alpha value is -2.10. The van der Waals surface area contributed by atoms with Crippen LogP contribution < -0.4 is 0 Å². The van der Waals surface area contributed by atoms with Gasteiger partial charge in [0.15, 0.2) is 0 Å². The van der Waals surface area contributed by atoms with E-state index in [1.807, 2.05) is 13.1 Å². The monoisotopic (exact) mass is 258 g/mol.